The van der Waals surface area contributed by atoms with Crippen molar-refractivity contribution in [3.8, 4) is 0 Å². The molecular weight excluding hydrogens is 302 g/mol. The van der Waals surface area contributed by atoms with Gasteiger partial charge in [-0.25, -0.2) is 0 Å². The summed E-state index contributed by atoms with van der Waals surface area (Å²) in [6.45, 7) is 5.71. The number of rotatable bonds is 8. The van der Waals surface area contributed by atoms with E-state index in [2.05, 4.69) is 16.5 Å². The lowest BCUT2D eigenvalue weighted by molar-refractivity contribution is 0.0328. The van der Waals surface area contributed by atoms with E-state index in [9.17, 15) is 4.79 Å². The Bertz CT molecular complexity index is 459. The zero-order valence-corrected chi connectivity index (χ0v) is 14.2. The van der Waals surface area contributed by atoms with Crippen LogP contribution in [0.4, 0.5) is 0 Å². The first-order chi connectivity index (χ1) is 10.8. The van der Waals surface area contributed by atoms with Gasteiger partial charge in [-0.3, -0.25) is 4.79 Å². The maximum Gasteiger partial charge on any atom is 0.267 e. The maximum absolute atomic E-state index is 12.6. The van der Waals surface area contributed by atoms with Crippen molar-refractivity contribution in [3.05, 3.63) is 10.6 Å². The zero-order chi connectivity index (χ0) is 15.8. The van der Waals surface area contributed by atoms with Gasteiger partial charge in [-0.15, -0.1) is 5.10 Å². The van der Waals surface area contributed by atoms with Crippen molar-refractivity contribution in [2.45, 2.75) is 32.6 Å². The van der Waals surface area contributed by atoms with Crippen LogP contribution in [-0.2, 0) is 15.9 Å². The van der Waals surface area contributed by atoms with Gasteiger partial charge in [0.15, 0.2) is 0 Å². The fraction of sp³-hybridized carbons (Fsp3) is 0.800. The largest absolute Gasteiger partial charge is 0.382 e. The van der Waals surface area contributed by atoms with Gasteiger partial charge < -0.3 is 14.4 Å². The molecule has 1 amide bonds. The molecule has 0 aromatic carbocycles. The summed E-state index contributed by atoms with van der Waals surface area (Å²) in [4.78, 5) is 15.2. The molecule has 22 heavy (non-hydrogen) atoms. The van der Waals surface area contributed by atoms with Gasteiger partial charge in [0.25, 0.3) is 5.91 Å². The highest BCUT2D eigenvalue weighted by atomic mass is 32.1. The molecule has 0 saturated carbocycles. The van der Waals surface area contributed by atoms with E-state index >= 15 is 0 Å². The van der Waals surface area contributed by atoms with Crippen molar-refractivity contribution in [1.82, 2.24) is 14.5 Å². The summed E-state index contributed by atoms with van der Waals surface area (Å²) in [6.07, 6.45) is 3.79. The molecule has 0 radical (unpaired) electrons. The Hall–Kier alpha value is -1.05. The summed E-state index contributed by atoms with van der Waals surface area (Å²) in [5.74, 6) is 0.632. The number of hydrogen-bond donors (Lipinski definition) is 0. The molecule has 2 heterocycles. The molecule has 1 aliphatic heterocycles. The van der Waals surface area contributed by atoms with Gasteiger partial charge in [0.2, 0.25) is 0 Å². The highest BCUT2D eigenvalue weighted by molar-refractivity contribution is 7.08. The third-order valence-corrected chi connectivity index (χ3v) is 4.68. The molecule has 6 nitrogen and oxygen atoms in total. The minimum Gasteiger partial charge on any atom is -0.382 e. The van der Waals surface area contributed by atoms with Gasteiger partial charge in [0, 0.05) is 26.8 Å². The number of nitrogens with zero attached hydrogens (tertiary/aromatic N) is 3. The number of amides is 1. The van der Waals surface area contributed by atoms with Crippen molar-refractivity contribution in [3.63, 3.8) is 0 Å². The predicted molar refractivity (Wildman–Crippen MR) is 85.2 cm³/mol. The number of methoxy groups -OCH3 is 1. The summed E-state index contributed by atoms with van der Waals surface area (Å²) in [6, 6.07) is 0. The summed E-state index contributed by atoms with van der Waals surface area (Å²) in [5, 5.41) is 4.08. The molecule has 0 spiro atoms. The van der Waals surface area contributed by atoms with Crippen molar-refractivity contribution in [2.75, 3.05) is 40.0 Å². The van der Waals surface area contributed by atoms with E-state index in [-0.39, 0.29) is 5.91 Å². The lowest BCUT2D eigenvalue weighted by atomic mass is 9.97. The fourth-order valence-electron chi connectivity index (χ4n) is 2.61. The molecule has 1 aromatic rings. The fourth-order valence-corrected chi connectivity index (χ4v) is 3.29. The van der Waals surface area contributed by atoms with Crippen molar-refractivity contribution in [1.29, 1.82) is 0 Å². The topological polar surface area (TPSA) is 64.6 Å². The van der Waals surface area contributed by atoms with E-state index in [0.717, 1.165) is 56.0 Å². The molecule has 1 fully saturated rings. The van der Waals surface area contributed by atoms with E-state index in [1.165, 1.54) is 11.5 Å². The lowest BCUT2D eigenvalue weighted by Crippen LogP contribution is -2.39. The maximum atomic E-state index is 12.6. The van der Waals surface area contributed by atoms with Gasteiger partial charge in [-0.1, -0.05) is 17.8 Å². The van der Waals surface area contributed by atoms with Crippen LogP contribution in [0.25, 0.3) is 0 Å². The molecule has 0 atom stereocenters. The van der Waals surface area contributed by atoms with Crippen molar-refractivity contribution < 1.29 is 14.3 Å². The number of carbonyl (C=O) groups is 1. The molecular formula is C15H25N3O3S. The van der Waals surface area contributed by atoms with Crippen molar-refractivity contribution in [2.24, 2.45) is 5.92 Å². The number of aryl methyl sites for hydroxylation is 1. The van der Waals surface area contributed by atoms with Crippen LogP contribution in [0, 0.1) is 5.92 Å². The van der Waals surface area contributed by atoms with Crippen LogP contribution in [0.5, 0.6) is 0 Å². The first-order valence-corrected chi connectivity index (χ1v) is 8.70. The summed E-state index contributed by atoms with van der Waals surface area (Å²) >= 11 is 1.22. The average Bonchev–Trinajstić information content (AvgIpc) is 3.00. The van der Waals surface area contributed by atoms with Crippen LogP contribution in [0.1, 0.15) is 41.6 Å². The Morgan fingerprint density at radius 2 is 2.14 bits per heavy atom. The van der Waals surface area contributed by atoms with Crippen LogP contribution in [-0.4, -0.2) is 60.4 Å². The highest BCUT2D eigenvalue weighted by Crippen LogP contribution is 2.22. The van der Waals surface area contributed by atoms with Crippen molar-refractivity contribution >= 4 is 17.4 Å². The second-order valence-corrected chi connectivity index (χ2v) is 6.36. The van der Waals surface area contributed by atoms with Gasteiger partial charge in [0.05, 0.1) is 18.9 Å². The molecule has 124 valence electrons. The van der Waals surface area contributed by atoms with E-state index in [1.54, 1.807) is 7.11 Å². The third-order valence-electron chi connectivity index (χ3n) is 3.92. The Morgan fingerprint density at radius 3 is 2.82 bits per heavy atom. The summed E-state index contributed by atoms with van der Waals surface area (Å²) in [7, 11) is 1.68. The van der Waals surface area contributed by atoms with Gasteiger partial charge in [0.1, 0.15) is 4.88 Å². The van der Waals surface area contributed by atoms with E-state index < -0.39 is 0 Å². The Balaban J connectivity index is 1.78. The first-order valence-electron chi connectivity index (χ1n) is 7.93. The van der Waals surface area contributed by atoms with Gasteiger partial charge >= 0.3 is 0 Å². The molecule has 0 aliphatic carbocycles. The van der Waals surface area contributed by atoms with E-state index in [4.69, 9.17) is 9.47 Å². The Kier molecular flexibility index (Phi) is 7.21. The lowest BCUT2D eigenvalue weighted by Gasteiger charge is -2.31. The molecule has 0 unspecified atom stereocenters. The molecule has 1 aliphatic rings. The number of ether oxygens (including phenoxy) is 2. The summed E-state index contributed by atoms with van der Waals surface area (Å²) in [5.41, 5.74) is 0.850. The predicted octanol–water partition coefficient (Wildman–Crippen LogP) is 2.01. The molecule has 0 N–H and O–H groups in total. The highest BCUT2D eigenvalue weighted by Gasteiger charge is 2.26. The molecule has 1 saturated heterocycles. The molecule has 0 bridgehead atoms. The standard InChI is InChI=1S/C15H25N3O3S/c1-3-4-13-14(22-17-16-13)15(19)18-7-5-12(6-8-18)11-21-10-9-20-2/h12H,3-11H2,1-2H3. The van der Waals surface area contributed by atoms with Crippen LogP contribution >= 0.6 is 11.5 Å². The number of carbonyl (C=O) groups excluding carboxylic acids is 1. The summed E-state index contributed by atoms with van der Waals surface area (Å²) < 4.78 is 14.5. The normalized spacial score (nSPS) is 16.2. The van der Waals surface area contributed by atoms with Gasteiger partial charge in [-0.2, -0.15) is 0 Å². The second kappa shape index (κ2) is 9.17. The van der Waals surface area contributed by atoms with E-state index in [1.807, 2.05) is 4.90 Å². The van der Waals surface area contributed by atoms with Crippen LogP contribution < -0.4 is 0 Å². The minimum atomic E-state index is 0.0946. The average molecular weight is 327 g/mol. The van der Waals surface area contributed by atoms with Crippen LogP contribution in [0.3, 0.4) is 0 Å². The Morgan fingerprint density at radius 1 is 1.36 bits per heavy atom. The number of piperidine rings is 1. The Labute approximate surface area is 136 Å². The van der Waals surface area contributed by atoms with Gasteiger partial charge in [-0.05, 0) is 36.7 Å². The SMILES string of the molecule is CCCc1nnsc1C(=O)N1CCC(COCCOC)CC1. The third kappa shape index (κ3) is 4.72. The zero-order valence-electron chi connectivity index (χ0n) is 13.4. The number of hydrogen-bond acceptors (Lipinski definition) is 6. The quantitative estimate of drug-likeness (QED) is 0.683. The number of likely N-dealkylation sites (tertiary alicyclic amines) is 1. The molecule has 1 aromatic heterocycles. The second-order valence-electron chi connectivity index (χ2n) is 5.60. The first kappa shape index (κ1) is 17.3. The smallest absolute Gasteiger partial charge is 0.267 e. The molecule has 2 rings (SSSR count). The van der Waals surface area contributed by atoms with E-state index in [0.29, 0.717) is 19.1 Å². The van der Waals surface area contributed by atoms with Crippen LogP contribution in [0.15, 0.2) is 0 Å². The van der Waals surface area contributed by atoms with Crippen LogP contribution in [0.2, 0.25) is 0 Å². The minimum absolute atomic E-state index is 0.0946. The number of aromatic nitrogens is 2. The monoisotopic (exact) mass is 327 g/mol. The molecule has 7 heteroatoms.